The van der Waals surface area contributed by atoms with Crippen LogP contribution in [-0.2, 0) is 10.8 Å². The molecule has 2 unspecified atom stereocenters. The molecule has 1 heterocycles. The number of aromatic nitrogens is 2. The van der Waals surface area contributed by atoms with E-state index in [2.05, 4.69) is 28.7 Å². The molecule has 4 nitrogen and oxygen atoms in total. The molecule has 1 rings (SSSR count). The predicted molar refractivity (Wildman–Crippen MR) is 73.9 cm³/mol. The quantitative estimate of drug-likeness (QED) is 0.728. The highest BCUT2D eigenvalue weighted by Crippen LogP contribution is 2.16. The van der Waals surface area contributed by atoms with E-state index in [9.17, 15) is 4.21 Å². The number of rotatable bonds is 8. The molecule has 0 aliphatic heterocycles. The van der Waals surface area contributed by atoms with Crippen LogP contribution in [0.15, 0.2) is 12.4 Å². The Hall–Kier alpha value is -0.840. The van der Waals surface area contributed by atoms with Crippen molar-refractivity contribution in [3.05, 3.63) is 12.4 Å². The van der Waals surface area contributed by atoms with E-state index in [1.54, 1.807) is 6.26 Å². The molecule has 0 radical (unpaired) electrons. The van der Waals surface area contributed by atoms with Crippen molar-refractivity contribution in [3.8, 4) is 0 Å². The van der Waals surface area contributed by atoms with Gasteiger partial charge in [0.05, 0.1) is 0 Å². The van der Waals surface area contributed by atoms with E-state index >= 15 is 0 Å². The summed E-state index contributed by atoms with van der Waals surface area (Å²) in [6, 6.07) is 0.338. The molecular formula is C12H23N3OS. The van der Waals surface area contributed by atoms with Gasteiger partial charge in [0.2, 0.25) is 5.95 Å². The molecule has 0 aliphatic rings. The van der Waals surface area contributed by atoms with Crippen LogP contribution in [0.2, 0.25) is 0 Å². The lowest BCUT2D eigenvalue weighted by molar-refractivity contribution is 0.535. The Morgan fingerprint density at radius 2 is 2.35 bits per heavy atom. The van der Waals surface area contributed by atoms with Gasteiger partial charge in [-0.15, -0.1) is 0 Å². The molecule has 0 fully saturated rings. The third-order valence-electron chi connectivity index (χ3n) is 2.78. The second-order valence-corrected chi connectivity index (χ2v) is 5.91. The summed E-state index contributed by atoms with van der Waals surface area (Å²) in [5, 5.41) is 3.34. The molecular weight excluding hydrogens is 234 g/mol. The highest BCUT2D eigenvalue weighted by atomic mass is 32.2. The minimum Gasteiger partial charge on any atom is -0.356 e. The van der Waals surface area contributed by atoms with Crippen molar-refractivity contribution in [1.82, 2.24) is 9.55 Å². The Balaban J connectivity index is 2.51. The second kappa shape index (κ2) is 7.48. The summed E-state index contributed by atoms with van der Waals surface area (Å²) in [4.78, 5) is 4.31. The number of nitrogens with one attached hydrogen (secondary N) is 1. The Morgan fingerprint density at radius 3 is 3.00 bits per heavy atom. The van der Waals surface area contributed by atoms with Gasteiger partial charge in [-0.3, -0.25) is 4.21 Å². The van der Waals surface area contributed by atoms with Crippen molar-refractivity contribution >= 4 is 16.7 Å². The van der Waals surface area contributed by atoms with Crippen LogP contribution < -0.4 is 5.32 Å². The van der Waals surface area contributed by atoms with Crippen molar-refractivity contribution in [3.63, 3.8) is 0 Å². The first-order chi connectivity index (χ1) is 8.15. The van der Waals surface area contributed by atoms with E-state index in [1.807, 2.05) is 12.4 Å². The van der Waals surface area contributed by atoms with Crippen LogP contribution in [0.1, 0.15) is 39.2 Å². The lowest BCUT2D eigenvalue weighted by Crippen LogP contribution is -2.13. The lowest BCUT2D eigenvalue weighted by atomic mass is 10.2. The molecule has 0 spiro atoms. The maximum Gasteiger partial charge on any atom is 0.203 e. The van der Waals surface area contributed by atoms with Gasteiger partial charge in [0, 0.05) is 47.8 Å². The van der Waals surface area contributed by atoms with Crippen molar-refractivity contribution in [2.45, 2.75) is 39.2 Å². The highest BCUT2D eigenvalue weighted by molar-refractivity contribution is 7.84. The van der Waals surface area contributed by atoms with Gasteiger partial charge in [-0.25, -0.2) is 4.98 Å². The van der Waals surface area contributed by atoms with Gasteiger partial charge in [0.25, 0.3) is 0 Å². The Labute approximate surface area is 106 Å². The molecule has 0 aromatic carbocycles. The maximum atomic E-state index is 11.1. The van der Waals surface area contributed by atoms with Gasteiger partial charge >= 0.3 is 0 Å². The van der Waals surface area contributed by atoms with Gasteiger partial charge in [0.15, 0.2) is 0 Å². The third-order valence-corrected chi connectivity index (χ3v) is 3.59. The molecule has 2 atom stereocenters. The molecule has 0 aliphatic carbocycles. The van der Waals surface area contributed by atoms with Gasteiger partial charge in [-0.05, 0) is 19.8 Å². The fourth-order valence-electron chi connectivity index (χ4n) is 1.66. The fraction of sp³-hybridized carbons (Fsp3) is 0.750. The number of imidazole rings is 1. The van der Waals surface area contributed by atoms with Crippen molar-refractivity contribution in [2.75, 3.05) is 23.9 Å². The number of hydrogen-bond donors (Lipinski definition) is 1. The van der Waals surface area contributed by atoms with Crippen LogP contribution >= 0.6 is 0 Å². The van der Waals surface area contributed by atoms with Crippen LogP contribution in [-0.4, -0.2) is 32.3 Å². The van der Waals surface area contributed by atoms with Gasteiger partial charge in [-0.2, -0.15) is 0 Å². The van der Waals surface area contributed by atoms with E-state index in [4.69, 9.17) is 0 Å². The molecule has 0 saturated heterocycles. The Kier molecular flexibility index (Phi) is 6.26. The standard InChI is InChI=1S/C12H23N3OS/c1-4-5-7-13-12-14-8-9-15(12)11(2)6-10-17(3)16/h8-9,11H,4-7,10H2,1-3H3,(H,13,14). The molecule has 1 N–H and O–H groups in total. The van der Waals surface area contributed by atoms with Gasteiger partial charge in [0.1, 0.15) is 0 Å². The zero-order valence-electron chi connectivity index (χ0n) is 11.0. The average molecular weight is 257 g/mol. The molecule has 1 aromatic heterocycles. The first-order valence-corrected chi connectivity index (χ1v) is 7.94. The summed E-state index contributed by atoms with van der Waals surface area (Å²) < 4.78 is 13.2. The normalized spacial score (nSPS) is 14.5. The molecule has 5 heteroatoms. The Morgan fingerprint density at radius 1 is 1.59 bits per heavy atom. The first kappa shape index (κ1) is 14.2. The van der Waals surface area contributed by atoms with Crippen molar-refractivity contribution < 1.29 is 4.21 Å². The summed E-state index contributed by atoms with van der Waals surface area (Å²) in [6.45, 7) is 5.27. The number of hydrogen-bond acceptors (Lipinski definition) is 3. The lowest BCUT2D eigenvalue weighted by Gasteiger charge is -2.16. The monoisotopic (exact) mass is 257 g/mol. The zero-order chi connectivity index (χ0) is 12.7. The first-order valence-electron chi connectivity index (χ1n) is 6.21. The SMILES string of the molecule is CCCCNc1nccn1C(C)CCS(C)=O. The topological polar surface area (TPSA) is 46.9 Å². The molecule has 1 aromatic rings. The molecule has 0 amide bonds. The second-order valence-electron chi connectivity index (χ2n) is 4.35. The largest absolute Gasteiger partial charge is 0.356 e. The molecule has 17 heavy (non-hydrogen) atoms. The summed E-state index contributed by atoms with van der Waals surface area (Å²) in [5.74, 6) is 1.67. The minimum atomic E-state index is -0.715. The van der Waals surface area contributed by atoms with E-state index < -0.39 is 10.8 Å². The Bertz CT molecular complexity index is 351. The number of anilines is 1. The van der Waals surface area contributed by atoms with E-state index in [0.29, 0.717) is 6.04 Å². The summed E-state index contributed by atoms with van der Waals surface area (Å²) in [7, 11) is -0.715. The van der Waals surface area contributed by atoms with E-state index in [1.165, 1.54) is 6.42 Å². The fourth-order valence-corrected chi connectivity index (χ4v) is 2.33. The zero-order valence-corrected chi connectivity index (χ0v) is 11.8. The van der Waals surface area contributed by atoms with Crippen LogP contribution in [0.25, 0.3) is 0 Å². The smallest absolute Gasteiger partial charge is 0.203 e. The van der Waals surface area contributed by atoms with Crippen LogP contribution in [0.4, 0.5) is 5.95 Å². The summed E-state index contributed by atoms with van der Waals surface area (Å²) in [5.41, 5.74) is 0. The summed E-state index contributed by atoms with van der Waals surface area (Å²) >= 11 is 0. The molecule has 98 valence electrons. The van der Waals surface area contributed by atoms with Gasteiger partial charge < -0.3 is 9.88 Å². The number of nitrogens with zero attached hydrogens (tertiary/aromatic N) is 2. The molecule has 0 saturated carbocycles. The third kappa shape index (κ3) is 4.89. The summed E-state index contributed by atoms with van der Waals surface area (Å²) in [6.07, 6.45) is 8.80. The number of unbranched alkanes of at least 4 members (excludes halogenated alkanes) is 1. The average Bonchev–Trinajstić information content (AvgIpc) is 2.74. The van der Waals surface area contributed by atoms with Crippen LogP contribution in [0, 0.1) is 0 Å². The minimum absolute atomic E-state index is 0.338. The molecule has 0 bridgehead atoms. The van der Waals surface area contributed by atoms with Crippen molar-refractivity contribution in [1.29, 1.82) is 0 Å². The highest BCUT2D eigenvalue weighted by Gasteiger charge is 2.09. The van der Waals surface area contributed by atoms with Crippen LogP contribution in [0.3, 0.4) is 0 Å². The predicted octanol–water partition coefficient (Wildman–Crippen LogP) is 2.42. The van der Waals surface area contributed by atoms with Crippen LogP contribution in [0.5, 0.6) is 0 Å². The maximum absolute atomic E-state index is 11.1. The van der Waals surface area contributed by atoms with E-state index in [-0.39, 0.29) is 0 Å². The van der Waals surface area contributed by atoms with Gasteiger partial charge in [-0.1, -0.05) is 13.3 Å². The van der Waals surface area contributed by atoms with Crippen molar-refractivity contribution in [2.24, 2.45) is 0 Å². The van der Waals surface area contributed by atoms with E-state index in [0.717, 1.165) is 31.1 Å².